The molecule has 1 heterocycles. The summed E-state index contributed by atoms with van der Waals surface area (Å²) in [7, 11) is 0. The number of piperidine rings is 1. The second-order valence-electron chi connectivity index (χ2n) is 8.86. The van der Waals surface area contributed by atoms with Crippen LogP contribution in [0.2, 0.25) is 0 Å². The highest BCUT2D eigenvalue weighted by molar-refractivity contribution is 5.56. The van der Waals surface area contributed by atoms with Crippen LogP contribution in [0.1, 0.15) is 55.7 Å². The Balaban J connectivity index is 1.61. The predicted molar refractivity (Wildman–Crippen MR) is 109 cm³/mol. The van der Waals surface area contributed by atoms with Gasteiger partial charge in [0.2, 0.25) is 0 Å². The molecule has 1 fully saturated rings. The first kappa shape index (κ1) is 18.1. The minimum absolute atomic E-state index is 0.188. The van der Waals surface area contributed by atoms with E-state index in [1.165, 1.54) is 22.4 Å². The molecule has 0 radical (unpaired) electrons. The normalized spacial score (nSPS) is 22.3. The van der Waals surface area contributed by atoms with Crippen LogP contribution in [0.15, 0.2) is 42.5 Å². The Bertz CT molecular complexity index is 817. The average molecular weight is 364 g/mol. The maximum Gasteiger partial charge on any atom is 0.123 e. The summed E-state index contributed by atoms with van der Waals surface area (Å²) in [5.74, 6) is 0.939. The molecule has 2 aromatic rings. The van der Waals surface area contributed by atoms with E-state index < -0.39 is 0 Å². The SMILES string of the molecule is CC1(C)CCc2cc(O)ccc2[C@H]1c1ccc(N2CCC(C=O)CC2)cc1. The number of nitrogens with zero attached hydrogens (tertiary/aromatic N) is 1. The first-order valence-electron chi connectivity index (χ1n) is 10.1. The smallest absolute Gasteiger partial charge is 0.123 e. The third-order valence-electron chi connectivity index (χ3n) is 6.58. The Morgan fingerprint density at radius 1 is 1.07 bits per heavy atom. The Hall–Kier alpha value is -2.29. The Labute approximate surface area is 162 Å². The minimum atomic E-state index is 0.188. The van der Waals surface area contributed by atoms with Crippen molar-refractivity contribution < 1.29 is 9.90 Å². The van der Waals surface area contributed by atoms with Crippen LogP contribution in [0.5, 0.6) is 5.75 Å². The highest BCUT2D eigenvalue weighted by Gasteiger charge is 2.37. The second kappa shape index (κ2) is 7.03. The number of phenols is 1. The van der Waals surface area contributed by atoms with Gasteiger partial charge in [0.05, 0.1) is 0 Å². The topological polar surface area (TPSA) is 40.5 Å². The number of phenolic OH excluding ortho intramolecular Hbond substituents is 1. The number of aldehydes is 1. The molecular formula is C24H29NO2. The molecule has 1 aliphatic carbocycles. The lowest BCUT2D eigenvalue weighted by molar-refractivity contribution is -0.111. The molecule has 2 aliphatic rings. The fourth-order valence-corrected chi connectivity index (χ4v) is 4.91. The summed E-state index contributed by atoms with van der Waals surface area (Å²) in [4.78, 5) is 13.4. The summed E-state index contributed by atoms with van der Waals surface area (Å²) in [5, 5.41) is 9.86. The van der Waals surface area contributed by atoms with Crippen LogP contribution in [-0.2, 0) is 11.2 Å². The van der Waals surface area contributed by atoms with Crippen LogP contribution < -0.4 is 4.90 Å². The van der Waals surface area contributed by atoms with Crippen LogP contribution in [-0.4, -0.2) is 24.5 Å². The Kier molecular flexibility index (Phi) is 4.71. The van der Waals surface area contributed by atoms with E-state index in [1.54, 1.807) is 0 Å². The van der Waals surface area contributed by atoms with Gasteiger partial charge < -0.3 is 14.8 Å². The maximum absolute atomic E-state index is 11.0. The van der Waals surface area contributed by atoms with Crippen molar-refractivity contribution in [3.63, 3.8) is 0 Å². The first-order valence-corrected chi connectivity index (χ1v) is 10.1. The van der Waals surface area contributed by atoms with Gasteiger partial charge in [-0.1, -0.05) is 32.0 Å². The van der Waals surface area contributed by atoms with Crippen molar-refractivity contribution in [2.75, 3.05) is 18.0 Å². The van der Waals surface area contributed by atoms with Gasteiger partial charge in [0, 0.05) is 30.6 Å². The summed E-state index contributed by atoms with van der Waals surface area (Å²) in [6, 6.07) is 14.9. The number of hydrogen-bond donors (Lipinski definition) is 1. The minimum Gasteiger partial charge on any atom is -0.508 e. The van der Waals surface area contributed by atoms with Crippen LogP contribution in [0.25, 0.3) is 0 Å². The predicted octanol–water partition coefficient (Wildman–Crippen LogP) is 4.91. The van der Waals surface area contributed by atoms with Crippen molar-refractivity contribution in [2.24, 2.45) is 11.3 Å². The fraction of sp³-hybridized carbons (Fsp3) is 0.458. The Morgan fingerprint density at radius 2 is 1.78 bits per heavy atom. The van der Waals surface area contributed by atoms with Gasteiger partial charge in [-0.05, 0) is 72.1 Å². The summed E-state index contributed by atoms with van der Waals surface area (Å²) in [6.07, 6.45) is 5.17. The fourth-order valence-electron chi connectivity index (χ4n) is 4.91. The number of benzene rings is 2. The molecule has 1 saturated heterocycles. The van der Waals surface area contributed by atoms with E-state index in [-0.39, 0.29) is 11.3 Å². The summed E-state index contributed by atoms with van der Waals surface area (Å²) in [6.45, 7) is 6.62. The van der Waals surface area contributed by atoms with E-state index in [2.05, 4.69) is 49.1 Å². The molecule has 3 heteroatoms. The molecule has 3 nitrogen and oxygen atoms in total. The highest BCUT2D eigenvalue weighted by Crippen LogP contribution is 2.49. The Morgan fingerprint density at radius 3 is 2.44 bits per heavy atom. The van der Waals surface area contributed by atoms with Gasteiger partial charge in [-0.2, -0.15) is 0 Å². The van der Waals surface area contributed by atoms with Crippen molar-refractivity contribution in [1.29, 1.82) is 0 Å². The summed E-state index contributed by atoms with van der Waals surface area (Å²) in [5.41, 5.74) is 5.41. The van der Waals surface area contributed by atoms with E-state index in [1.807, 2.05) is 12.1 Å². The van der Waals surface area contributed by atoms with E-state index in [0.717, 1.165) is 45.1 Å². The number of carbonyl (C=O) groups is 1. The van der Waals surface area contributed by atoms with Gasteiger partial charge in [0.1, 0.15) is 12.0 Å². The van der Waals surface area contributed by atoms with Crippen LogP contribution >= 0.6 is 0 Å². The lowest BCUT2D eigenvalue weighted by atomic mass is 9.63. The van der Waals surface area contributed by atoms with Crippen LogP contribution in [0.4, 0.5) is 5.69 Å². The lowest BCUT2D eigenvalue weighted by Crippen LogP contribution is -2.34. The van der Waals surface area contributed by atoms with Crippen molar-refractivity contribution in [1.82, 2.24) is 0 Å². The zero-order chi connectivity index (χ0) is 19.0. The average Bonchev–Trinajstić information content (AvgIpc) is 2.68. The number of aromatic hydroxyl groups is 1. The lowest BCUT2D eigenvalue weighted by Gasteiger charge is -2.41. The van der Waals surface area contributed by atoms with Gasteiger partial charge in [-0.15, -0.1) is 0 Å². The van der Waals surface area contributed by atoms with E-state index >= 15 is 0 Å². The molecule has 27 heavy (non-hydrogen) atoms. The zero-order valence-electron chi connectivity index (χ0n) is 16.3. The van der Waals surface area contributed by atoms with Gasteiger partial charge in [0.25, 0.3) is 0 Å². The van der Waals surface area contributed by atoms with Crippen LogP contribution in [0, 0.1) is 11.3 Å². The molecule has 0 bridgehead atoms. The number of aryl methyl sites for hydroxylation is 1. The molecule has 0 aromatic heterocycles. The first-order chi connectivity index (χ1) is 13.0. The molecule has 0 unspecified atom stereocenters. The third-order valence-corrected chi connectivity index (χ3v) is 6.58. The van der Waals surface area contributed by atoms with Crippen LogP contribution in [0.3, 0.4) is 0 Å². The standard InChI is InChI=1S/C24H29NO2/c1-24(2)12-9-19-15-21(27)7-8-22(19)23(24)18-3-5-20(6-4-18)25-13-10-17(16-26)11-14-25/h3-8,15-17,23,27H,9-14H2,1-2H3/t23-/m1/s1. The van der Waals surface area contributed by atoms with Crippen molar-refractivity contribution in [3.8, 4) is 5.75 Å². The molecule has 0 spiro atoms. The molecule has 4 rings (SSSR count). The van der Waals surface area contributed by atoms with E-state index in [4.69, 9.17) is 0 Å². The summed E-state index contributed by atoms with van der Waals surface area (Å²) < 4.78 is 0. The molecule has 2 aromatic carbocycles. The van der Waals surface area contributed by atoms with Gasteiger partial charge >= 0.3 is 0 Å². The monoisotopic (exact) mass is 363 g/mol. The van der Waals surface area contributed by atoms with E-state index in [9.17, 15) is 9.90 Å². The van der Waals surface area contributed by atoms with Gasteiger partial charge in [-0.3, -0.25) is 0 Å². The molecule has 1 atom stereocenters. The van der Waals surface area contributed by atoms with E-state index in [0.29, 0.717) is 11.7 Å². The van der Waals surface area contributed by atoms with Crippen molar-refractivity contribution in [2.45, 2.75) is 45.4 Å². The molecule has 1 aliphatic heterocycles. The summed E-state index contributed by atoms with van der Waals surface area (Å²) >= 11 is 0. The third kappa shape index (κ3) is 3.47. The number of hydrogen-bond acceptors (Lipinski definition) is 3. The van der Waals surface area contributed by atoms with Gasteiger partial charge in [0.15, 0.2) is 0 Å². The maximum atomic E-state index is 11.0. The quantitative estimate of drug-likeness (QED) is 0.788. The van der Waals surface area contributed by atoms with Gasteiger partial charge in [-0.25, -0.2) is 0 Å². The van der Waals surface area contributed by atoms with Crippen molar-refractivity contribution >= 4 is 12.0 Å². The molecule has 0 amide bonds. The number of carbonyl (C=O) groups excluding carboxylic acids is 1. The molecule has 0 saturated carbocycles. The highest BCUT2D eigenvalue weighted by atomic mass is 16.3. The zero-order valence-corrected chi connectivity index (χ0v) is 16.3. The van der Waals surface area contributed by atoms with Crippen molar-refractivity contribution in [3.05, 3.63) is 59.2 Å². The number of anilines is 1. The molecule has 142 valence electrons. The second-order valence-corrected chi connectivity index (χ2v) is 8.86. The number of rotatable bonds is 3. The number of fused-ring (bicyclic) bond motifs is 1. The largest absolute Gasteiger partial charge is 0.508 e. The molecule has 1 N–H and O–H groups in total. The molecular weight excluding hydrogens is 334 g/mol.